The highest BCUT2D eigenvalue weighted by molar-refractivity contribution is 8.01. The average molecular weight is 340 g/mol. The fourth-order valence-electron chi connectivity index (χ4n) is 1.74. The fourth-order valence-corrected chi connectivity index (χ4v) is 3.32. The highest BCUT2D eigenvalue weighted by Crippen LogP contribution is 2.42. The number of Topliss-reactive ketones (excluding diaryl/α,β-unsaturated/α-hetero) is 1. The number of rotatable bonds is 2. The van der Waals surface area contributed by atoms with Crippen LogP contribution in [-0.4, -0.2) is 24.5 Å². The van der Waals surface area contributed by atoms with Gasteiger partial charge in [-0.3, -0.25) is 4.79 Å². The van der Waals surface area contributed by atoms with Gasteiger partial charge in [-0.2, -0.15) is 21.6 Å². The molecule has 9 heteroatoms. The molecular formula is C12H11F3O4S2. The SMILES string of the molecule is CC1(C)Sc2ccc(OS(=O)(=O)C(F)(F)F)cc2CC1=O. The number of hydrogen-bond acceptors (Lipinski definition) is 5. The first-order valence-corrected chi connectivity index (χ1v) is 8.01. The summed E-state index contributed by atoms with van der Waals surface area (Å²) in [5, 5.41) is 0. The second kappa shape index (κ2) is 4.91. The number of ketones is 1. The number of fused-ring (bicyclic) bond motifs is 1. The van der Waals surface area contributed by atoms with Crippen LogP contribution in [0, 0.1) is 0 Å². The predicted molar refractivity (Wildman–Crippen MR) is 70.7 cm³/mol. The molecule has 0 unspecified atom stereocenters. The van der Waals surface area contributed by atoms with Crippen molar-refractivity contribution in [1.82, 2.24) is 0 Å². The van der Waals surface area contributed by atoms with Crippen LogP contribution in [0.1, 0.15) is 19.4 Å². The van der Waals surface area contributed by atoms with Gasteiger partial charge < -0.3 is 4.18 Å². The third kappa shape index (κ3) is 3.18. The molecule has 0 bridgehead atoms. The van der Waals surface area contributed by atoms with Gasteiger partial charge in [-0.1, -0.05) is 0 Å². The van der Waals surface area contributed by atoms with Gasteiger partial charge in [0, 0.05) is 11.3 Å². The van der Waals surface area contributed by atoms with Crippen molar-refractivity contribution < 1.29 is 30.6 Å². The Morgan fingerprint density at radius 1 is 1.29 bits per heavy atom. The van der Waals surface area contributed by atoms with Gasteiger partial charge >= 0.3 is 15.6 Å². The van der Waals surface area contributed by atoms with Crippen molar-refractivity contribution in [3.8, 4) is 5.75 Å². The van der Waals surface area contributed by atoms with Crippen molar-refractivity contribution in [2.75, 3.05) is 0 Å². The second-order valence-electron chi connectivity index (χ2n) is 4.97. The van der Waals surface area contributed by atoms with Crippen molar-refractivity contribution in [2.45, 2.75) is 35.4 Å². The second-order valence-corrected chi connectivity index (χ2v) is 8.17. The molecule has 0 aliphatic carbocycles. The van der Waals surface area contributed by atoms with Gasteiger partial charge in [0.2, 0.25) is 0 Å². The van der Waals surface area contributed by atoms with Gasteiger partial charge in [-0.05, 0) is 37.6 Å². The van der Waals surface area contributed by atoms with E-state index in [2.05, 4.69) is 4.18 Å². The molecule has 1 aliphatic heterocycles. The molecule has 1 aliphatic rings. The Hall–Kier alpha value is -1.22. The summed E-state index contributed by atoms with van der Waals surface area (Å²) in [7, 11) is -5.71. The highest BCUT2D eigenvalue weighted by atomic mass is 32.2. The third-order valence-electron chi connectivity index (χ3n) is 2.91. The Bertz CT molecular complexity index is 693. The molecule has 0 atom stereocenters. The number of alkyl halides is 3. The average Bonchev–Trinajstić information content (AvgIpc) is 2.29. The molecule has 0 saturated carbocycles. The van der Waals surface area contributed by atoms with E-state index in [0.717, 1.165) is 17.0 Å². The van der Waals surface area contributed by atoms with Crippen molar-refractivity contribution in [2.24, 2.45) is 0 Å². The summed E-state index contributed by atoms with van der Waals surface area (Å²) in [5.74, 6) is -0.546. The van der Waals surface area contributed by atoms with Gasteiger partial charge in [-0.25, -0.2) is 0 Å². The number of carbonyl (C=O) groups is 1. The van der Waals surface area contributed by atoms with E-state index >= 15 is 0 Å². The summed E-state index contributed by atoms with van der Waals surface area (Å²) in [5.41, 5.74) is -5.03. The summed E-state index contributed by atoms with van der Waals surface area (Å²) in [6.45, 7) is 3.50. The molecule has 0 amide bonds. The molecule has 1 aromatic carbocycles. The van der Waals surface area contributed by atoms with Crippen LogP contribution in [0.3, 0.4) is 0 Å². The van der Waals surface area contributed by atoms with Crippen molar-refractivity contribution >= 4 is 27.7 Å². The van der Waals surface area contributed by atoms with E-state index < -0.39 is 26.1 Å². The summed E-state index contributed by atoms with van der Waals surface area (Å²) in [6, 6.07) is 3.75. The zero-order chi connectivity index (χ0) is 16.1. The quantitative estimate of drug-likeness (QED) is 0.612. The maximum Gasteiger partial charge on any atom is 0.534 e. The maximum absolute atomic E-state index is 12.3. The zero-order valence-corrected chi connectivity index (χ0v) is 12.7. The lowest BCUT2D eigenvalue weighted by Crippen LogP contribution is -2.33. The molecule has 0 N–H and O–H groups in total. The first-order chi connectivity index (χ1) is 9.42. The fraction of sp³-hybridized carbons (Fsp3) is 0.417. The molecule has 1 heterocycles. The summed E-state index contributed by atoms with van der Waals surface area (Å²) < 4.78 is 62.1. The van der Waals surface area contributed by atoms with Gasteiger partial charge in [0.25, 0.3) is 0 Å². The van der Waals surface area contributed by atoms with E-state index in [1.807, 2.05) is 0 Å². The topological polar surface area (TPSA) is 60.4 Å². The molecule has 4 nitrogen and oxygen atoms in total. The smallest absolute Gasteiger partial charge is 0.376 e. The largest absolute Gasteiger partial charge is 0.534 e. The zero-order valence-electron chi connectivity index (χ0n) is 11.0. The van der Waals surface area contributed by atoms with Crippen LogP contribution >= 0.6 is 11.8 Å². The predicted octanol–water partition coefficient (Wildman–Crippen LogP) is 2.91. The number of thioether (sulfide) groups is 1. The van der Waals surface area contributed by atoms with Crippen LogP contribution in [0.4, 0.5) is 13.2 Å². The minimum absolute atomic E-state index is 0.0264. The molecule has 0 radical (unpaired) electrons. The van der Waals surface area contributed by atoms with Crippen molar-refractivity contribution in [3.05, 3.63) is 23.8 Å². The number of carbonyl (C=O) groups excluding carboxylic acids is 1. The molecule has 1 aromatic rings. The summed E-state index contributed by atoms with van der Waals surface area (Å²) in [6.07, 6.45) is 0.0264. The van der Waals surface area contributed by atoms with Gasteiger partial charge in [0.1, 0.15) is 5.75 Å². The molecular weight excluding hydrogens is 329 g/mol. The molecule has 21 heavy (non-hydrogen) atoms. The van der Waals surface area contributed by atoms with Gasteiger partial charge in [0.05, 0.1) is 4.75 Å². The Labute approximate surface area is 123 Å². The number of hydrogen-bond donors (Lipinski definition) is 0. The Morgan fingerprint density at radius 3 is 2.48 bits per heavy atom. The first-order valence-electron chi connectivity index (χ1n) is 5.78. The monoisotopic (exact) mass is 340 g/mol. The third-order valence-corrected chi connectivity index (χ3v) is 5.24. The van der Waals surface area contributed by atoms with E-state index in [0.29, 0.717) is 5.56 Å². The van der Waals surface area contributed by atoms with E-state index in [9.17, 15) is 26.4 Å². The Morgan fingerprint density at radius 2 is 1.90 bits per heavy atom. The first kappa shape index (κ1) is 16.2. The summed E-state index contributed by atoms with van der Waals surface area (Å²) >= 11 is 1.28. The van der Waals surface area contributed by atoms with Crippen molar-refractivity contribution in [3.63, 3.8) is 0 Å². The van der Waals surface area contributed by atoms with Gasteiger partial charge in [0.15, 0.2) is 5.78 Å². The van der Waals surface area contributed by atoms with Gasteiger partial charge in [-0.15, -0.1) is 11.8 Å². The lowest BCUT2D eigenvalue weighted by molar-refractivity contribution is -0.120. The van der Waals surface area contributed by atoms with E-state index in [-0.39, 0.29) is 12.2 Å². The Kier molecular flexibility index (Phi) is 3.78. The molecule has 2 rings (SSSR count). The molecule has 0 aromatic heterocycles. The molecule has 116 valence electrons. The van der Waals surface area contributed by atoms with Crippen LogP contribution in [0.2, 0.25) is 0 Å². The summed E-state index contributed by atoms with van der Waals surface area (Å²) in [4.78, 5) is 12.6. The van der Waals surface area contributed by atoms with Crippen LogP contribution in [0.15, 0.2) is 23.1 Å². The highest BCUT2D eigenvalue weighted by Gasteiger charge is 2.48. The Balaban J connectivity index is 2.32. The van der Waals surface area contributed by atoms with Crippen LogP contribution in [-0.2, 0) is 21.3 Å². The molecule has 0 spiro atoms. The minimum Gasteiger partial charge on any atom is -0.376 e. The van der Waals surface area contributed by atoms with E-state index in [4.69, 9.17) is 0 Å². The minimum atomic E-state index is -5.71. The lowest BCUT2D eigenvalue weighted by atomic mass is 9.99. The normalized spacial score (nSPS) is 18.2. The van der Waals surface area contributed by atoms with Crippen LogP contribution in [0.5, 0.6) is 5.75 Å². The standard InChI is InChI=1S/C12H11F3O4S2/c1-11(2)10(16)6-7-5-8(3-4-9(7)20-11)19-21(17,18)12(13,14)15/h3-5H,6H2,1-2H3. The van der Waals surface area contributed by atoms with Crippen LogP contribution < -0.4 is 4.18 Å². The molecule has 0 fully saturated rings. The maximum atomic E-state index is 12.3. The van der Waals surface area contributed by atoms with E-state index in [1.165, 1.54) is 17.8 Å². The number of halogens is 3. The lowest BCUT2D eigenvalue weighted by Gasteiger charge is -2.29. The number of benzene rings is 1. The van der Waals surface area contributed by atoms with Crippen LogP contribution in [0.25, 0.3) is 0 Å². The van der Waals surface area contributed by atoms with E-state index in [1.54, 1.807) is 13.8 Å². The van der Waals surface area contributed by atoms with Crippen molar-refractivity contribution in [1.29, 1.82) is 0 Å². The molecule has 0 saturated heterocycles.